The van der Waals surface area contributed by atoms with Crippen LogP contribution < -0.4 is 0 Å². The highest BCUT2D eigenvalue weighted by atomic mass is 16.4. The van der Waals surface area contributed by atoms with Crippen molar-refractivity contribution in [3.63, 3.8) is 0 Å². The minimum Gasteiger partial charge on any atom is -0.480 e. The van der Waals surface area contributed by atoms with Crippen LogP contribution in [0.5, 0.6) is 0 Å². The molecule has 2 saturated heterocycles. The minimum atomic E-state index is -0.861. The third kappa shape index (κ3) is 3.96. The predicted molar refractivity (Wildman–Crippen MR) is 91.4 cm³/mol. The molecule has 2 aliphatic rings. The fourth-order valence-electron chi connectivity index (χ4n) is 3.93. The summed E-state index contributed by atoms with van der Waals surface area (Å²) >= 11 is 0. The molecule has 0 radical (unpaired) electrons. The second kappa shape index (κ2) is 7.79. The molecule has 1 aromatic rings. The molecule has 0 saturated carbocycles. The van der Waals surface area contributed by atoms with Gasteiger partial charge in [0.1, 0.15) is 6.04 Å². The van der Waals surface area contributed by atoms with Gasteiger partial charge >= 0.3 is 5.97 Å². The third-order valence-electron chi connectivity index (χ3n) is 5.17. The van der Waals surface area contributed by atoms with Crippen LogP contribution in [0.1, 0.15) is 37.7 Å². The molecular weight excluding hydrogens is 304 g/mol. The summed E-state index contributed by atoms with van der Waals surface area (Å²) in [5.74, 6) is -0.887. The van der Waals surface area contributed by atoms with Gasteiger partial charge in [-0.3, -0.25) is 9.69 Å². The maximum atomic E-state index is 12.9. The number of hydrogen-bond acceptors (Lipinski definition) is 3. The molecule has 3 rings (SSSR count). The summed E-state index contributed by atoms with van der Waals surface area (Å²) in [5.41, 5.74) is 1.26. The van der Waals surface area contributed by atoms with E-state index in [1.807, 2.05) is 18.2 Å². The zero-order valence-electron chi connectivity index (χ0n) is 14.1. The maximum absolute atomic E-state index is 12.9. The van der Waals surface area contributed by atoms with Crippen molar-refractivity contribution >= 4 is 11.9 Å². The SMILES string of the molecule is O=C(O)C1CCCCN1C(=O)C1CCCN(Cc2ccccc2)C1. The van der Waals surface area contributed by atoms with Crippen LogP contribution in [0.3, 0.4) is 0 Å². The van der Waals surface area contributed by atoms with Crippen molar-refractivity contribution in [2.45, 2.75) is 44.7 Å². The van der Waals surface area contributed by atoms with Crippen LogP contribution in [-0.4, -0.2) is 52.5 Å². The lowest BCUT2D eigenvalue weighted by Gasteiger charge is -2.38. The van der Waals surface area contributed by atoms with Crippen LogP contribution in [0.4, 0.5) is 0 Å². The van der Waals surface area contributed by atoms with E-state index in [4.69, 9.17) is 0 Å². The molecule has 2 aliphatic heterocycles. The number of hydrogen-bond donors (Lipinski definition) is 1. The highest BCUT2D eigenvalue weighted by Crippen LogP contribution is 2.25. The maximum Gasteiger partial charge on any atom is 0.326 e. The second-order valence-corrected chi connectivity index (χ2v) is 6.94. The molecule has 5 nitrogen and oxygen atoms in total. The summed E-state index contributed by atoms with van der Waals surface area (Å²) in [6.07, 6.45) is 4.25. The van der Waals surface area contributed by atoms with Crippen LogP contribution >= 0.6 is 0 Å². The van der Waals surface area contributed by atoms with Crippen LogP contribution in [0, 0.1) is 5.92 Å². The van der Waals surface area contributed by atoms with E-state index in [1.54, 1.807) is 4.90 Å². The van der Waals surface area contributed by atoms with Crippen molar-refractivity contribution in [1.29, 1.82) is 0 Å². The average molecular weight is 330 g/mol. The molecule has 2 fully saturated rings. The lowest BCUT2D eigenvalue weighted by molar-refractivity contribution is -0.154. The Morgan fingerprint density at radius 1 is 1.04 bits per heavy atom. The van der Waals surface area contributed by atoms with Gasteiger partial charge < -0.3 is 10.0 Å². The first-order chi connectivity index (χ1) is 11.6. The first kappa shape index (κ1) is 17.0. The Morgan fingerprint density at radius 3 is 2.58 bits per heavy atom. The van der Waals surface area contributed by atoms with Gasteiger partial charge in [0.15, 0.2) is 0 Å². The lowest BCUT2D eigenvalue weighted by atomic mass is 9.93. The summed E-state index contributed by atoms with van der Waals surface area (Å²) in [7, 11) is 0. The van der Waals surface area contributed by atoms with Gasteiger partial charge in [0.2, 0.25) is 5.91 Å². The molecular formula is C19H26N2O3. The van der Waals surface area contributed by atoms with Gasteiger partial charge in [-0.15, -0.1) is 0 Å². The largest absolute Gasteiger partial charge is 0.480 e. The average Bonchev–Trinajstić information content (AvgIpc) is 2.62. The van der Waals surface area contributed by atoms with E-state index in [9.17, 15) is 14.7 Å². The Bertz CT molecular complexity index is 575. The van der Waals surface area contributed by atoms with Crippen LogP contribution in [0.2, 0.25) is 0 Å². The molecule has 0 spiro atoms. The first-order valence-corrected chi connectivity index (χ1v) is 8.94. The number of carboxylic acid groups (broad SMARTS) is 1. The Hall–Kier alpha value is -1.88. The topological polar surface area (TPSA) is 60.9 Å². The smallest absolute Gasteiger partial charge is 0.326 e. The fourth-order valence-corrected chi connectivity index (χ4v) is 3.93. The molecule has 0 aromatic heterocycles. The fraction of sp³-hybridized carbons (Fsp3) is 0.579. The van der Waals surface area contributed by atoms with Crippen LogP contribution in [-0.2, 0) is 16.1 Å². The Kier molecular flexibility index (Phi) is 5.51. The normalized spacial score (nSPS) is 25.4. The molecule has 0 bridgehead atoms. The molecule has 2 atom stereocenters. The molecule has 5 heteroatoms. The van der Waals surface area contributed by atoms with Crippen LogP contribution in [0.25, 0.3) is 0 Å². The molecule has 1 amide bonds. The summed E-state index contributed by atoms with van der Waals surface area (Å²) in [5, 5.41) is 9.40. The van der Waals surface area contributed by atoms with E-state index in [1.165, 1.54) is 5.56 Å². The molecule has 130 valence electrons. The van der Waals surface area contributed by atoms with E-state index in [0.717, 1.165) is 45.3 Å². The van der Waals surface area contributed by atoms with E-state index >= 15 is 0 Å². The third-order valence-corrected chi connectivity index (χ3v) is 5.17. The molecule has 1 N–H and O–H groups in total. The van der Waals surface area contributed by atoms with E-state index in [0.29, 0.717) is 13.0 Å². The monoisotopic (exact) mass is 330 g/mol. The summed E-state index contributed by atoms with van der Waals surface area (Å²) in [6.45, 7) is 3.18. The number of carbonyl (C=O) groups is 2. The van der Waals surface area contributed by atoms with Crippen LogP contribution in [0.15, 0.2) is 30.3 Å². The summed E-state index contributed by atoms with van der Waals surface area (Å²) in [6, 6.07) is 9.66. The quantitative estimate of drug-likeness (QED) is 0.921. The standard InChI is InChI=1S/C19H26N2O3/c22-18(21-12-5-4-10-17(21)19(23)24)16-9-6-11-20(14-16)13-15-7-2-1-3-8-15/h1-3,7-8,16-17H,4-6,9-14H2,(H,23,24). The van der Waals surface area contributed by atoms with Crippen molar-refractivity contribution in [3.05, 3.63) is 35.9 Å². The number of carboxylic acids is 1. The summed E-state index contributed by atoms with van der Waals surface area (Å²) in [4.78, 5) is 28.3. The number of piperidine rings is 2. The lowest BCUT2D eigenvalue weighted by Crippen LogP contribution is -2.52. The number of benzene rings is 1. The zero-order chi connectivity index (χ0) is 16.9. The Morgan fingerprint density at radius 2 is 1.83 bits per heavy atom. The van der Waals surface area contributed by atoms with Crippen molar-refractivity contribution < 1.29 is 14.7 Å². The summed E-state index contributed by atoms with van der Waals surface area (Å²) < 4.78 is 0. The van der Waals surface area contributed by atoms with Gasteiger partial charge in [-0.2, -0.15) is 0 Å². The van der Waals surface area contributed by atoms with Gasteiger partial charge in [-0.05, 0) is 44.2 Å². The molecule has 2 heterocycles. The molecule has 0 aliphatic carbocycles. The molecule has 24 heavy (non-hydrogen) atoms. The number of likely N-dealkylation sites (tertiary alicyclic amines) is 2. The van der Waals surface area contributed by atoms with Crippen molar-refractivity contribution in [3.8, 4) is 0 Å². The highest BCUT2D eigenvalue weighted by Gasteiger charge is 2.36. The van der Waals surface area contributed by atoms with Crippen molar-refractivity contribution in [2.75, 3.05) is 19.6 Å². The van der Waals surface area contributed by atoms with Gasteiger partial charge in [-0.1, -0.05) is 30.3 Å². The molecule has 1 aromatic carbocycles. The molecule has 2 unspecified atom stereocenters. The van der Waals surface area contributed by atoms with E-state index in [-0.39, 0.29) is 11.8 Å². The highest BCUT2D eigenvalue weighted by molar-refractivity contribution is 5.85. The number of nitrogens with zero attached hydrogens (tertiary/aromatic N) is 2. The number of amides is 1. The van der Waals surface area contributed by atoms with E-state index < -0.39 is 12.0 Å². The minimum absolute atomic E-state index is 0.0415. The number of carbonyl (C=O) groups excluding carboxylic acids is 1. The number of aliphatic carboxylic acids is 1. The van der Waals surface area contributed by atoms with E-state index in [2.05, 4.69) is 17.0 Å². The van der Waals surface area contributed by atoms with Gasteiger partial charge in [0.05, 0.1) is 5.92 Å². The Balaban J connectivity index is 1.63. The number of rotatable bonds is 4. The first-order valence-electron chi connectivity index (χ1n) is 8.94. The van der Waals surface area contributed by atoms with Crippen molar-refractivity contribution in [1.82, 2.24) is 9.80 Å². The van der Waals surface area contributed by atoms with Gasteiger partial charge in [-0.25, -0.2) is 4.79 Å². The van der Waals surface area contributed by atoms with Crippen molar-refractivity contribution in [2.24, 2.45) is 5.92 Å². The van der Waals surface area contributed by atoms with Gasteiger partial charge in [0.25, 0.3) is 0 Å². The zero-order valence-corrected chi connectivity index (χ0v) is 14.1. The van der Waals surface area contributed by atoms with Gasteiger partial charge in [0, 0.05) is 19.6 Å². The Labute approximate surface area is 143 Å². The predicted octanol–water partition coefficient (Wildman–Crippen LogP) is 2.36. The second-order valence-electron chi connectivity index (χ2n) is 6.94.